The molecule has 2 aromatic rings. The molecular formula is C14H13ClN2O. The van der Waals surface area contributed by atoms with Gasteiger partial charge in [0, 0.05) is 23.9 Å². The molecule has 4 heteroatoms. The number of aryl methyl sites for hydroxylation is 1. The zero-order chi connectivity index (χ0) is 12.5. The highest BCUT2D eigenvalue weighted by Gasteiger charge is 2.26. The van der Waals surface area contributed by atoms with Crippen molar-refractivity contribution in [3.05, 3.63) is 53.1 Å². The van der Waals surface area contributed by atoms with E-state index in [-0.39, 0.29) is 6.10 Å². The van der Waals surface area contributed by atoms with Gasteiger partial charge in [0.1, 0.15) is 5.75 Å². The van der Waals surface area contributed by atoms with Crippen molar-refractivity contribution in [2.24, 2.45) is 0 Å². The predicted molar refractivity (Wildman–Crippen MR) is 69.8 cm³/mol. The first-order valence-corrected chi connectivity index (χ1v) is 6.44. The van der Waals surface area contributed by atoms with Crippen LogP contribution in [0.5, 0.6) is 5.75 Å². The molecule has 18 heavy (non-hydrogen) atoms. The number of hydrogen-bond donors (Lipinski definition) is 0. The maximum absolute atomic E-state index is 5.86. The summed E-state index contributed by atoms with van der Waals surface area (Å²) in [7, 11) is 0. The van der Waals surface area contributed by atoms with E-state index < -0.39 is 0 Å². The van der Waals surface area contributed by atoms with E-state index in [4.69, 9.17) is 16.3 Å². The lowest BCUT2D eigenvalue weighted by Crippen LogP contribution is -2.10. The Balaban J connectivity index is 1.88. The summed E-state index contributed by atoms with van der Waals surface area (Å²) in [6.45, 7) is 1.95. The number of rotatable bonds is 2. The third-order valence-corrected chi connectivity index (χ3v) is 3.47. The Bertz CT molecular complexity index is 561. The topological polar surface area (TPSA) is 35.0 Å². The van der Waals surface area contributed by atoms with Crippen molar-refractivity contribution in [2.75, 3.05) is 0 Å². The molecule has 1 unspecified atom stereocenters. The Labute approximate surface area is 111 Å². The molecule has 1 aliphatic heterocycles. The molecule has 3 nitrogen and oxygen atoms in total. The first-order chi connectivity index (χ1) is 8.78. The maximum Gasteiger partial charge on any atom is 0.169 e. The Hall–Kier alpha value is -1.61. The molecule has 0 bridgehead atoms. The van der Waals surface area contributed by atoms with Crippen LogP contribution in [0.2, 0.25) is 0 Å². The molecule has 0 fully saturated rings. The van der Waals surface area contributed by atoms with Gasteiger partial charge in [0.25, 0.3) is 0 Å². The molecule has 1 aromatic carbocycles. The summed E-state index contributed by atoms with van der Waals surface area (Å²) in [6.07, 6.45) is 2.54. The van der Waals surface area contributed by atoms with Gasteiger partial charge in [0.2, 0.25) is 0 Å². The fraction of sp³-hybridized carbons (Fsp3) is 0.286. The van der Waals surface area contributed by atoms with Crippen LogP contribution in [0.25, 0.3) is 0 Å². The first kappa shape index (κ1) is 11.5. The van der Waals surface area contributed by atoms with Crippen LogP contribution in [0.4, 0.5) is 0 Å². The van der Waals surface area contributed by atoms with Gasteiger partial charge in [0.15, 0.2) is 11.9 Å². The minimum Gasteiger partial charge on any atom is -0.482 e. The van der Waals surface area contributed by atoms with Gasteiger partial charge in [-0.2, -0.15) is 0 Å². The van der Waals surface area contributed by atoms with E-state index in [1.807, 2.05) is 25.1 Å². The van der Waals surface area contributed by atoms with Crippen LogP contribution >= 0.6 is 11.6 Å². The molecule has 1 atom stereocenters. The highest BCUT2D eigenvalue weighted by atomic mass is 35.5. The summed E-state index contributed by atoms with van der Waals surface area (Å²) in [4.78, 5) is 8.84. The Morgan fingerprint density at radius 1 is 1.39 bits per heavy atom. The van der Waals surface area contributed by atoms with Gasteiger partial charge in [-0.05, 0) is 18.6 Å². The average molecular weight is 261 g/mol. The van der Waals surface area contributed by atoms with Gasteiger partial charge < -0.3 is 4.74 Å². The van der Waals surface area contributed by atoms with Crippen LogP contribution in [0, 0.1) is 6.92 Å². The Morgan fingerprint density at radius 2 is 2.22 bits per heavy atom. The van der Waals surface area contributed by atoms with Crippen molar-refractivity contribution >= 4 is 11.6 Å². The standard InChI is InChI=1S/C14H13ClN2O/c1-9-11(7-15)8-16-14(17-9)13-6-10-4-2-3-5-12(10)18-13/h2-5,8,13H,6-7H2,1H3. The molecule has 0 saturated heterocycles. The average Bonchev–Trinajstić information content (AvgIpc) is 2.82. The summed E-state index contributed by atoms with van der Waals surface area (Å²) in [5, 5.41) is 0. The van der Waals surface area contributed by atoms with Crippen LogP contribution in [0.1, 0.15) is 28.7 Å². The van der Waals surface area contributed by atoms with Gasteiger partial charge in [-0.3, -0.25) is 0 Å². The van der Waals surface area contributed by atoms with Crippen LogP contribution in [0.15, 0.2) is 30.5 Å². The van der Waals surface area contributed by atoms with E-state index in [2.05, 4.69) is 16.0 Å². The highest BCUT2D eigenvalue weighted by molar-refractivity contribution is 6.17. The number of aromatic nitrogens is 2. The SMILES string of the molecule is Cc1nc(C2Cc3ccccc3O2)ncc1CCl. The maximum atomic E-state index is 5.86. The Morgan fingerprint density at radius 3 is 2.94 bits per heavy atom. The van der Waals surface area contributed by atoms with Crippen LogP contribution in [-0.2, 0) is 12.3 Å². The summed E-state index contributed by atoms with van der Waals surface area (Å²) in [5.41, 5.74) is 3.11. The first-order valence-electron chi connectivity index (χ1n) is 5.91. The number of nitrogens with zero attached hydrogens (tertiary/aromatic N) is 2. The second kappa shape index (κ2) is 4.58. The molecular weight excluding hydrogens is 248 g/mol. The lowest BCUT2D eigenvalue weighted by molar-refractivity contribution is 0.227. The van der Waals surface area contributed by atoms with E-state index in [1.165, 1.54) is 5.56 Å². The van der Waals surface area contributed by atoms with Crippen LogP contribution in [0.3, 0.4) is 0 Å². The number of benzene rings is 1. The largest absolute Gasteiger partial charge is 0.482 e. The lowest BCUT2D eigenvalue weighted by atomic mass is 10.1. The van der Waals surface area contributed by atoms with Crippen molar-refractivity contribution in [1.82, 2.24) is 9.97 Å². The Kier molecular flexibility index (Phi) is 2.92. The molecule has 92 valence electrons. The van der Waals surface area contributed by atoms with Crippen molar-refractivity contribution < 1.29 is 4.74 Å². The predicted octanol–water partition coefficient (Wildman–Crippen LogP) is 3.20. The van der Waals surface area contributed by atoms with Gasteiger partial charge in [-0.1, -0.05) is 18.2 Å². The number of halogens is 1. The smallest absolute Gasteiger partial charge is 0.169 e. The minimum atomic E-state index is -0.0783. The zero-order valence-electron chi connectivity index (χ0n) is 10.1. The van der Waals surface area contributed by atoms with E-state index in [9.17, 15) is 0 Å². The number of alkyl halides is 1. The van der Waals surface area contributed by atoms with Crippen molar-refractivity contribution in [3.63, 3.8) is 0 Å². The summed E-state index contributed by atoms with van der Waals surface area (Å²) < 4.78 is 5.86. The lowest BCUT2D eigenvalue weighted by Gasteiger charge is -2.10. The summed E-state index contributed by atoms with van der Waals surface area (Å²) in [6, 6.07) is 8.06. The molecule has 0 radical (unpaired) electrons. The summed E-state index contributed by atoms with van der Waals surface area (Å²) >= 11 is 5.81. The second-order valence-corrected chi connectivity index (χ2v) is 4.66. The molecule has 3 rings (SSSR count). The van der Waals surface area contributed by atoms with Crippen molar-refractivity contribution in [1.29, 1.82) is 0 Å². The molecule has 0 amide bonds. The molecule has 0 aliphatic carbocycles. The quantitative estimate of drug-likeness (QED) is 0.778. The molecule has 0 saturated carbocycles. The zero-order valence-corrected chi connectivity index (χ0v) is 10.8. The van der Waals surface area contributed by atoms with Gasteiger partial charge in [0.05, 0.1) is 5.88 Å². The molecule has 2 heterocycles. The van der Waals surface area contributed by atoms with Crippen molar-refractivity contribution in [2.45, 2.75) is 25.3 Å². The number of fused-ring (bicyclic) bond motifs is 1. The van der Waals surface area contributed by atoms with Crippen molar-refractivity contribution in [3.8, 4) is 5.75 Å². The normalized spacial score (nSPS) is 17.3. The van der Waals surface area contributed by atoms with E-state index >= 15 is 0 Å². The van der Waals surface area contributed by atoms with E-state index in [0.29, 0.717) is 5.88 Å². The fourth-order valence-corrected chi connectivity index (χ4v) is 2.38. The molecule has 0 N–H and O–H groups in total. The molecule has 0 spiro atoms. The molecule has 1 aliphatic rings. The van der Waals surface area contributed by atoms with Gasteiger partial charge in [-0.15, -0.1) is 11.6 Å². The number of ether oxygens (including phenoxy) is 1. The van der Waals surface area contributed by atoms with Gasteiger partial charge in [-0.25, -0.2) is 9.97 Å². The van der Waals surface area contributed by atoms with Crippen LogP contribution in [-0.4, -0.2) is 9.97 Å². The molecule has 1 aromatic heterocycles. The second-order valence-electron chi connectivity index (χ2n) is 4.39. The third-order valence-electron chi connectivity index (χ3n) is 3.18. The monoisotopic (exact) mass is 260 g/mol. The minimum absolute atomic E-state index is 0.0783. The highest BCUT2D eigenvalue weighted by Crippen LogP contribution is 2.35. The van der Waals surface area contributed by atoms with Crippen LogP contribution < -0.4 is 4.74 Å². The van der Waals surface area contributed by atoms with Gasteiger partial charge >= 0.3 is 0 Å². The number of para-hydroxylation sites is 1. The summed E-state index contributed by atoms with van der Waals surface area (Å²) in [5.74, 6) is 2.11. The van der Waals surface area contributed by atoms with E-state index in [1.54, 1.807) is 6.20 Å². The van der Waals surface area contributed by atoms with E-state index in [0.717, 1.165) is 29.3 Å². The number of hydrogen-bond acceptors (Lipinski definition) is 3. The third kappa shape index (κ3) is 1.95. The fourth-order valence-electron chi connectivity index (χ4n) is 2.12.